The lowest BCUT2D eigenvalue weighted by Gasteiger charge is -2.49. The molecular formula is C19H20N2O3S. The average molecular weight is 356 g/mol. The molecule has 0 N–H and O–H groups in total. The van der Waals surface area contributed by atoms with Gasteiger partial charge in [-0.2, -0.15) is 0 Å². The molecule has 4 rings (SSSR count). The first-order chi connectivity index (χ1) is 12.3. The molecule has 2 aliphatic heterocycles. The summed E-state index contributed by atoms with van der Waals surface area (Å²) in [6.45, 7) is 2.57. The molecule has 0 radical (unpaired) electrons. The molecule has 0 aliphatic carbocycles. The summed E-state index contributed by atoms with van der Waals surface area (Å²) < 4.78 is 11.8. The van der Waals surface area contributed by atoms with Crippen LogP contribution in [0.1, 0.15) is 11.3 Å². The number of ether oxygens (including phenoxy) is 2. The SMILES string of the molecule is O=C(/C=C/c1cccs1)N1CC2(C1)OCCC2COc1ccccn1. The van der Waals surface area contributed by atoms with E-state index in [1.54, 1.807) is 23.6 Å². The Bertz CT molecular complexity index is 739. The number of rotatable bonds is 5. The topological polar surface area (TPSA) is 51.7 Å². The average Bonchev–Trinajstić information content (AvgIpc) is 3.27. The van der Waals surface area contributed by atoms with E-state index in [0.717, 1.165) is 17.9 Å². The van der Waals surface area contributed by atoms with E-state index in [1.807, 2.05) is 46.7 Å². The molecule has 25 heavy (non-hydrogen) atoms. The van der Waals surface area contributed by atoms with Crippen LogP contribution < -0.4 is 4.74 Å². The number of hydrogen-bond donors (Lipinski definition) is 0. The number of thiophene rings is 1. The smallest absolute Gasteiger partial charge is 0.246 e. The number of carbonyl (C=O) groups is 1. The third kappa shape index (κ3) is 3.45. The predicted molar refractivity (Wildman–Crippen MR) is 96.5 cm³/mol. The van der Waals surface area contributed by atoms with Gasteiger partial charge in [-0.3, -0.25) is 4.79 Å². The van der Waals surface area contributed by atoms with Crippen LogP contribution in [-0.2, 0) is 9.53 Å². The summed E-state index contributed by atoms with van der Waals surface area (Å²) >= 11 is 1.62. The number of amides is 1. The van der Waals surface area contributed by atoms with Crippen LogP contribution in [0.4, 0.5) is 0 Å². The lowest BCUT2D eigenvalue weighted by molar-refractivity contribution is -0.162. The number of pyridine rings is 1. The van der Waals surface area contributed by atoms with Crippen LogP contribution in [-0.4, -0.2) is 47.7 Å². The summed E-state index contributed by atoms with van der Waals surface area (Å²) in [6.07, 6.45) is 6.20. The van der Waals surface area contributed by atoms with Gasteiger partial charge in [0, 0.05) is 35.7 Å². The summed E-state index contributed by atoms with van der Waals surface area (Å²) in [6, 6.07) is 9.61. The van der Waals surface area contributed by atoms with E-state index in [9.17, 15) is 4.79 Å². The maximum Gasteiger partial charge on any atom is 0.246 e. The molecule has 2 saturated heterocycles. The zero-order valence-corrected chi connectivity index (χ0v) is 14.7. The molecular weight excluding hydrogens is 336 g/mol. The van der Waals surface area contributed by atoms with Crippen molar-refractivity contribution in [2.24, 2.45) is 5.92 Å². The van der Waals surface area contributed by atoms with E-state index in [4.69, 9.17) is 9.47 Å². The van der Waals surface area contributed by atoms with Crippen molar-refractivity contribution in [3.63, 3.8) is 0 Å². The molecule has 2 fully saturated rings. The molecule has 2 aliphatic rings. The largest absolute Gasteiger partial charge is 0.477 e. The standard InChI is InChI=1S/C19H20N2O3S/c22-18(7-6-16-4-3-11-25-16)21-13-19(14-21)15(8-10-24-19)12-23-17-5-1-2-9-20-17/h1-7,9,11,15H,8,10,12-14H2/b7-6+. The molecule has 1 spiro atoms. The quantitative estimate of drug-likeness (QED) is 0.773. The van der Waals surface area contributed by atoms with Gasteiger partial charge in [-0.25, -0.2) is 4.98 Å². The van der Waals surface area contributed by atoms with Crippen molar-refractivity contribution in [3.05, 3.63) is 52.9 Å². The van der Waals surface area contributed by atoms with E-state index in [2.05, 4.69) is 4.98 Å². The van der Waals surface area contributed by atoms with Gasteiger partial charge in [0.05, 0.1) is 19.7 Å². The van der Waals surface area contributed by atoms with E-state index in [0.29, 0.717) is 31.5 Å². The summed E-state index contributed by atoms with van der Waals surface area (Å²) in [5.74, 6) is 0.967. The number of hydrogen-bond acceptors (Lipinski definition) is 5. The Kier molecular flexibility index (Phi) is 4.55. The Morgan fingerprint density at radius 2 is 2.32 bits per heavy atom. The third-order valence-electron chi connectivity index (χ3n) is 4.83. The second kappa shape index (κ2) is 6.98. The highest BCUT2D eigenvalue weighted by atomic mass is 32.1. The summed E-state index contributed by atoms with van der Waals surface area (Å²) in [5.41, 5.74) is -0.249. The first kappa shape index (κ1) is 16.3. The highest BCUT2D eigenvalue weighted by Gasteiger charge is 2.54. The van der Waals surface area contributed by atoms with E-state index in [1.165, 1.54) is 0 Å². The molecule has 6 heteroatoms. The fourth-order valence-corrected chi connectivity index (χ4v) is 4.01. The van der Waals surface area contributed by atoms with Crippen LogP contribution in [0, 0.1) is 5.92 Å². The molecule has 2 aromatic heterocycles. The zero-order chi connectivity index (χ0) is 17.1. The highest BCUT2D eigenvalue weighted by Crippen LogP contribution is 2.40. The van der Waals surface area contributed by atoms with E-state index in [-0.39, 0.29) is 11.5 Å². The molecule has 0 aromatic carbocycles. The van der Waals surface area contributed by atoms with E-state index >= 15 is 0 Å². The van der Waals surface area contributed by atoms with Gasteiger partial charge in [0.1, 0.15) is 5.60 Å². The molecule has 2 aromatic rings. The molecule has 0 saturated carbocycles. The normalized spacial score (nSPS) is 21.6. The Hall–Kier alpha value is -2.18. The number of carbonyl (C=O) groups excluding carboxylic acids is 1. The van der Waals surface area contributed by atoms with Gasteiger partial charge in [0.2, 0.25) is 11.8 Å². The van der Waals surface area contributed by atoms with Crippen molar-refractivity contribution in [2.75, 3.05) is 26.3 Å². The van der Waals surface area contributed by atoms with E-state index < -0.39 is 0 Å². The van der Waals surface area contributed by atoms with Gasteiger partial charge in [0.15, 0.2) is 0 Å². The summed E-state index contributed by atoms with van der Waals surface area (Å²) in [7, 11) is 0. The highest BCUT2D eigenvalue weighted by molar-refractivity contribution is 7.10. The summed E-state index contributed by atoms with van der Waals surface area (Å²) in [4.78, 5) is 19.4. The molecule has 0 bridgehead atoms. The van der Waals surface area contributed by atoms with Crippen LogP contribution >= 0.6 is 11.3 Å². The first-order valence-electron chi connectivity index (χ1n) is 8.43. The lowest BCUT2D eigenvalue weighted by atomic mass is 9.81. The third-order valence-corrected chi connectivity index (χ3v) is 5.67. The van der Waals surface area contributed by atoms with Crippen LogP contribution in [0.15, 0.2) is 48.0 Å². The number of aromatic nitrogens is 1. The lowest BCUT2D eigenvalue weighted by Crippen LogP contribution is -2.66. The van der Waals surface area contributed by atoms with Gasteiger partial charge in [0.25, 0.3) is 0 Å². The van der Waals surface area contributed by atoms with Crippen molar-refractivity contribution in [2.45, 2.75) is 12.0 Å². The first-order valence-corrected chi connectivity index (χ1v) is 9.31. The molecule has 1 unspecified atom stereocenters. The van der Waals surface area contributed by atoms with Crippen molar-refractivity contribution in [3.8, 4) is 5.88 Å². The van der Waals surface area contributed by atoms with Gasteiger partial charge in [-0.1, -0.05) is 12.1 Å². The Morgan fingerprint density at radius 1 is 1.40 bits per heavy atom. The number of nitrogens with zero attached hydrogens (tertiary/aromatic N) is 2. The molecule has 4 heterocycles. The van der Waals surface area contributed by atoms with Gasteiger partial charge in [-0.05, 0) is 30.0 Å². The van der Waals surface area contributed by atoms with Crippen molar-refractivity contribution < 1.29 is 14.3 Å². The van der Waals surface area contributed by atoms with Crippen molar-refractivity contribution in [1.82, 2.24) is 9.88 Å². The number of likely N-dealkylation sites (tertiary alicyclic amines) is 1. The summed E-state index contributed by atoms with van der Waals surface area (Å²) in [5, 5.41) is 2.00. The minimum absolute atomic E-state index is 0.0407. The second-order valence-corrected chi connectivity index (χ2v) is 7.40. The maximum atomic E-state index is 12.3. The Balaban J connectivity index is 1.31. The maximum absolute atomic E-state index is 12.3. The fourth-order valence-electron chi connectivity index (χ4n) is 3.39. The molecule has 1 amide bonds. The monoisotopic (exact) mass is 356 g/mol. The van der Waals surface area contributed by atoms with Crippen LogP contribution in [0.3, 0.4) is 0 Å². The minimum Gasteiger partial charge on any atom is -0.477 e. The molecule has 1 atom stereocenters. The van der Waals surface area contributed by atoms with Gasteiger partial charge in [-0.15, -0.1) is 11.3 Å². The zero-order valence-electron chi connectivity index (χ0n) is 13.8. The fraction of sp³-hybridized carbons (Fsp3) is 0.368. The van der Waals surface area contributed by atoms with Gasteiger partial charge >= 0.3 is 0 Å². The van der Waals surface area contributed by atoms with Crippen LogP contribution in [0.5, 0.6) is 5.88 Å². The van der Waals surface area contributed by atoms with Crippen LogP contribution in [0.2, 0.25) is 0 Å². The van der Waals surface area contributed by atoms with Crippen LogP contribution in [0.25, 0.3) is 6.08 Å². The second-order valence-electron chi connectivity index (χ2n) is 6.42. The Morgan fingerprint density at radius 3 is 3.08 bits per heavy atom. The minimum atomic E-state index is -0.249. The van der Waals surface area contributed by atoms with Gasteiger partial charge < -0.3 is 14.4 Å². The molecule has 130 valence electrons. The van der Waals surface area contributed by atoms with Crippen molar-refractivity contribution >= 4 is 23.3 Å². The van der Waals surface area contributed by atoms with Crippen molar-refractivity contribution in [1.29, 1.82) is 0 Å². The molecule has 5 nitrogen and oxygen atoms in total. The Labute approximate surface area is 150 Å². The predicted octanol–water partition coefficient (Wildman–Crippen LogP) is 2.85.